The monoisotopic (exact) mass is 594 g/mol. The van der Waals surface area contributed by atoms with Crippen LogP contribution >= 0.6 is 31.9 Å². The standard InChI is InChI=1S/C28H40Br2N2O2/c29-27-11-19-5-20(12-27)8-25(7-19,17-27)15-23(33)31-1-2-32(4-3-31)24(34)16-26-9-21-6-22(10-26)14-28(30,13-21)18-26/h19-22H,1-18H2/t19-,20-,21+,22+,25?,26?,27?,28?. The maximum Gasteiger partial charge on any atom is 0.223 e. The fourth-order valence-corrected chi connectivity index (χ4v) is 14.2. The van der Waals surface area contributed by atoms with Crippen LogP contribution in [0.4, 0.5) is 0 Å². The van der Waals surface area contributed by atoms with Crippen molar-refractivity contribution in [2.24, 2.45) is 34.5 Å². The first-order valence-corrected chi connectivity index (χ1v) is 15.6. The number of hydrogen-bond donors (Lipinski definition) is 0. The van der Waals surface area contributed by atoms with Crippen LogP contribution in [0.1, 0.15) is 89.9 Å². The second kappa shape index (κ2) is 7.71. The van der Waals surface area contributed by atoms with E-state index in [0.717, 1.165) is 62.7 Å². The van der Waals surface area contributed by atoms with Crippen LogP contribution in [-0.4, -0.2) is 56.4 Å². The van der Waals surface area contributed by atoms with Gasteiger partial charge in [0.15, 0.2) is 0 Å². The molecular weight excluding hydrogens is 556 g/mol. The van der Waals surface area contributed by atoms with Gasteiger partial charge < -0.3 is 9.80 Å². The van der Waals surface area contributed by atoms with E-state index in [2.05, 4.69) is 41.7 Å². The number of rotatable bonds is 4. The molecule has 8 aliphatic carbocycles. The van der Waals surface area contributed by atoms with Crippen molar-refractivity contribution in [2.75, 3.05) is 26.2 Å². The van der Waals surface area contributed by atoms with Crippen molar-refractivity contribution in [3.05, 3.63) is 0 Å². The lowest BCUT2D eigenvalue weighted by Crippen LogP contribution is -2.57. The molecule has 0 spiro atoms. The van der Waals surface area contributed by atoms with Crippen LogP contribution in [0.5, 0.6) is 0 Å². The number of amides is 2. The quantitative estimate of drug-likeness (QED) is 0.379. The number of piperazine rings is 1. The molecule has 1 heterocycles. The number of halogens is 2. The lowest BCUT2D eigenvalue weighted by molar-refractivity contribution is -0.147. The van der Waals surface area contributed by atoms with Crippen molar-refractivity contribution in [3.63, 3.8) is 0 Å². The highest BCUT2D eigenvalue weighted by Crippen LogP contribution is 2.66. The number of carbonyl (C=O) groups is 2. The molecule has 1 saturated heterocycles. The zero-order valence-corrected chi connectivity index (χ0v) is 23.7. The summed E-state index contributed by atoms with van der Waals surface area (Å²) in [5.74, 6) is 4.01. The predicted molar refractivity (Wildman–Crippen MR) is 140 cm³/mol. The predicted octanol–water partition coefficient (Wildman–Crippen LogP) is 5.91. The molecule has 6 heteroatoms. The molecule has 4 atom stereocenters. The van der Waals surface area contributed by atoms with Gasteiger partial charge in [0, 0.05) is 47.7 Å². The fourth-order valence-electron chi connectivity index (χ4n) is 11.2. The Labute approximate surface area is 221 Å². The summed E-state index contributed by atoms with van der Waals surface area (Å²) in [7, 11) is 0. The van der Waals surface area contributed by atoms with Gasteiger partial charge in [-0.05, 0) is 112 Å². The second-order valence-corrected chi connectivity index (χ2v) is 17.7. The SMILES string of the molecule is O=C(CC12C[C@@H]3C[C@H](CC(Br)(C3)C1)C2)N1CCN(C(=O)CC23C[C@H]4C[C@@H](CC(Br)(C4)C2)C3)CC1. The van der Waals surface area contributed by atoms with E-state index in [1.165, 1.54) is 77.0 Å². The molecule has 188 valence electrons. The van der Waals surface area contributed by atoms with Crippen LogP contribution < -0.4 is 0 Å². The average Bonchev–Trinajstić information content (AvgIpc) is 2.69. The third-order valence-corrected chi connectivity index (χ3v) is 13.1. The van der Waals surface area contributed by atoms with E-state index in [1.807, 2.05) is 0 Å². The van der Waals surface area contributed by atoms with Crippen molar-refractivity contribution in [1.82, 2.24) is 9.80 Å². The van der Waals surface area contributed by atoms with Gasteiger partial charge in [0.1, 0.15) is 0 Å². The summed E-state index contributed by atoms with van der Waals surface area (Å²) < 4.78 is 0.626. The van der Waals surface area contributed by atoms with Crippen LogP contribution in [0.25, 0.3) is 0 Å². The first-order chi connectivity index (χ1) is 16.1. The highest BCUT2D eigenvalue weighted by atomic mass is 79.9. The van der Waals surface area contributed by atoms with E-state index in [9.17, 15) is 9.59 Å². The molecule has 2 amide bonds. The van der Waals surface area contributed by atoms with Crippen molar-refractivity contribution in [2.45, 2.75) is 98.5 Å². The summed E-state index contributed by atoms with van der Waals surface area (Å²) >= 11 is 8.20. The number of hydrogen-bond acceptors (Lipinski definition) is 2. The number of carbonyl (C=O) groups excluding carboxylic acids is 2. The molecule has 0 radical (unpaired) electrons. The zero-order chi connectivity index (χ0) is 23.3. The highest BCUT2D eigenvalue weighted by molar-refractivity contribution is 9.10. The molecule has 0 aromatic rings. The number of alkyl halides is 2. The molecule has 9 rings (SSSR count). The molecule has 0 unspecified atom stereocenters. The maximum absolute atomic E-state index is 13.4. The minimum atomic E-state index is 0.238. The number of nitrogens with zero attached hydrogens (tertiary/aromatic N) is 2. The third-order valence-electron chi connectivity index (χ3n) is 11.3. The lowest BCUT2D eigenvalue weighted by Gasteiger charge is -2.60. The van der Waals surface area contributed by atoms with E-state index in [0.29, 0.717) is 20.5 Å². The van der Waals surface area contributed by atoms with Gasteiger partial charge in [-0.1, -0.05) is 31.9 Å². The van der Waals surface area contributed by atoms with Gasteiger partial charge in [-0.3, -0.25) is 9.59 Å². The topological polar surface area (TPSA) is 40.6 Å². The van der Waals surface area contributed by atoms with Crippen molar-refractivity contribution < 1.29 is 9.59 Å². The lowest BCUT2D eigenvalue weighted by atomic mass is 9.48. The van der Waals surface area contributed by atoms with Crippen LogP contribution in [0.2, 0.25) is 0 Å². The van der Waals surface area contributed by atoms with Gasteiger partial charge in [-0.25, -0.2) is 0 Å². The zero-order valence-electron chi connectivity index (χ0n) is 20.5. The molecule has 9 aliphatic rings. The van der Waals surface area contributed by atoms with E-state index in [4.69, 9.17) is 0 Å². The molecule has 0 N–H and O–H groups in total. The average molecular weight is 596 g/mol. The Morgan fingerprint density at radius 3 is 1.21 bits per heavy atom. The Kier molecular flexibility index (Phi) is 5.23. The molecule has 1 aliphatic heterocycles. The van der Waals surface area contributed by atoms with Gasteiger partial charge >= 0.3 is 0 Å². The molecule has 9 fully saturated rings. The first-order valence-electron chi connectivity index (χ1n) is 14.1. The molecule has 0 aromatic carbocycles. The van der Waals surface area contributed by atoms with E-state index < -0.39 is 0 Å². The summed E-state index contributed by atoms with van der Waals surface area (Å²) in [4.78, 5) is 31.0. The molecule has 8 bridgehead atoms. The molecule has 8 saturated carbocycles. The second-order valence-electron chi connectivity index (χ2n) is 14.3. The van der Waals surface area contributed by atoms with Gasteiger partial charge in [0.05, 0.1) is 0 Å². The minimum absolute atomic E-state index is 0.238. The Morgan fingerprint density at radius 2 is 0.912 bits per heavy atom. The van der Waals surface area contributed by atoms with E-state index >= 15 is 0 Å². The van der Waals surface area contributed by atoms with Crippen molar-refractivity contribution in [1.29, 1.82) is 0 Å². The van der Waals surface area contributed by atoms with Gasteiger partial charge in [0.2, 0.25) is 11.8 Å². The van der Waals surface area contributed by atoms with Crippen LogP contribution in [-0.2, 0) is 9.59 Å². The van der Waals surface area contributed by atoms with Crippen molar-refractivity contribution in [3.8, 4) is 0 Å². The van der Waals surface area contributed by atoms with Gasteiger partial charge in [-0.15, -0.1) is 0 Å². The summed E-state index contributed by atoms with van der Waals surface area (Å²) in [6.45, 7) is 2.92. The van der Waals surface area contributed by atoms with Crippen molar-refractivity contribution >= 4 is 43.7 Å². The van der Waals surface area contributed by atoms with Gasteiger partial charge in [-0.2, -0.15) is 0 Å². The Bertz CT molecular complexity index is 797. The van der Waals surface area contributed by atoms with Crippen LogP contribution in [0.3, 0.4) is 0 Å². The Morgan fingerprint density at radius 1 is 0.588 bits per heavy atom. The Hall–Kier alpha value is -0.100. The largest absolute Gasteiger partial charge is 0.339 e. The summed E-state index contributed by atoms with van der Waals surface area (Å²) in [6.07, 6.45) is 17.0. The summed E-state index contributed by atoms with van der Waals surface area (Å²) in [5, 5.41) is 0. The van der Waals surface area contributed by atoms with E-state index in [-0.39, 0.29) is 10.8 Å². The first kappa shape index (κ1) is 23.0. The maximum atomic E-state index is 13.4. The normalized spacial score (nSPS) is 50.8. The molecule has 4 nitrogen and oxygen atoms in total. The smallest absolute Gasteiger partial charge is 0.223 e. The van der Waals surface area contributed by atoms with Crippen LogP contribution in [0, 0.1) is 34.5 Å². The fraction of sp³-hybridized carbons (Fsp3) is 0.929. The summed E-state index contributed by atoms with van der Waals surface area (Å²) in [6, 6.07) is 0. The Balaban J connectivity index is 0.950. The minimum Gasteiger partial charge on any atom is -0.339 e. The van der Waals surface area contributed by atoms with Crippen LogP contribution in [0.15, 0.2) is 0 Å². The van der Waals surface area contributed by atoms with E-state index in [1.54, 1.807) is 0 Å². The molecular formula is C28H40Br2N2O2. The highest BCUT2D eigenvalue weighted by Gasteiger charge is 2.58. The summed E-state index contributed by atoms with van der Waals surface area (Å²) in [5.41, 5.74) is 0.476. The third kappa shape index (κ3) is 3.94. The molecule has 34 heavy (non-hydrogen) atoms. The van der Waals surface area contributed by atoms with Gasteiger partial charge in [0.25, 0.3) is 0 Å². The molecule has 0 aromatic heterocycles.